The van der Waals surface area contributed by atoms with Crippen molar-refractivity contribution < 1.29 is 13.2 Å². The molecule has 0 unspecified atom stereocenters. The molecule has 1 amide bonds. The first-order chi connectivity index (χ1) is 16.4. The summed E-state index contributed by atoms with van der Waals surface area (Å²) in [5.74, 6) is 0.847. The van der Waals surface area contributed by atoms with E-state index in [1.54, 1.807) is 42.5 Å². The van der Waals surface area contributed by atoms with Crippen molar-refractivity contribution in [2.75, 3.05) is 23.0 Å². The third-order valence-corrected chi connectivity index (χ3v) is 6.22. The minimum Gasteiger partial charge on any atom is -0.340 e. The Balaban J connectivity index is 1.42. The van der Waals surface area contributed by atoms with Crippen LogP contribution in [-0.4, -0.2) is 31.3 Å². The number of rotatable bonds is 8. The maximum atomic E-state index is 12.3. The van der Waals surface area contributed by atoms with Crippen molar-refractivity contribution in [2.24, 2.45) is 0 Å². The number of carbonyl (C=O) groups excluding carboxylic acids is 1. The molecule has 0 spiro atoms. The molecule has 1 heterocycles. The van der Waals surface area contributed by atoms with Crippen LogP contribution in [0.1, 0.15) is 10.4 Å². The smallest absolute Gasteiger partial charge is 0.255 e. The molecule has 0 bridgehead atoms. The first-order valence-electron chi connectivity index (χ1n) is 10.3. The normalized spacial score (nSPS) is 11.0. The van der Waals surface area contributed by atoms with E-state index in [1.165, 1.54) is 25.5 Å². The molecule has 4 N–H and O–H groups in total. The van der Waals surface area contributed by atoms with Crippen molar-refractivity contribution in [3.05, 3.63) is 96.8 Å². The zero-order valence-corrected chi connectivity index (χ0v) is 19.0. The number of nitrogens with one attached hydrogen (secondary N) is 4. The van der Waals surface area contributed by atoms with Gasteiger partial charge in [0.15, 0.2) is 0 Å². The summed E-state index contributed by atoms with van der Waals surface area (Å²) in [5, 5.41) is 9.11. The van der Waals surface area contributed by atoms with E-state index in [0.29, 0.717) is 28.6 Å². The summed E-state index contributed by atoms with van der Waals surface area (Å²) in [6.07, 6.45) is 1.40. The van der Waals surface area contributed by atoms with Gasteiger partial charge in [-0.2, -0.15) is 0 Å². The SMILES string of the molecule is CNS(=O)(=O)c1cccc(Nc2cc(Nc3ccc(NC(=O)c4ccccc4)cc3)ncn2)c1. The fraction of sp³-hybridized carbons (Fsp3) is 0.0417. The Morgan fingerprint density at radius 3 is 2.06 bits per heavy atom. The summed E-state index contributed by atoms with van der Waals surface area (Å²) in [4.78, 5) is 20.8. The lowest BCUT2D eigenvalue weighted by molar-refractivity contribution is 0.102. The summed E-state index contributed by atoms with van der Waals surface area (Å²) in [6.45, 7) is 0. The Kier molecular flexibility index (Phi) is 6.81. The van der Waals surface area contributed by atoms with E-state index in [4.69, 9.17) is 0 Å². The second kappa shape index (κ2) is 10.1. The molecule has 0 fully saturated rings. The third-order valence-electron chi connectivity index (χ3n) is 4.80. The topological polar surface area (TPSA) is 125 Å². The third kappa shape index (κ3) is 5.74. The van der Waals surface area contributed by atoms with Gasteiger partial charge in [-0.25, -0.2) is 23.1 Å². The van der Waals surface area contributed by atoms with E-state index in [0.717, 1.165) is 5.69 Å². The zero-order valence-electron chi connectivity index (χ0n) is 18.2. The number of aromatic nitrogens is 2. The Labute approximate surface area is 197 Å². The number of sulfonamides is 1. The maximum Gasteiger partial charge on any atom is 0.255 e. The lowest BCUT2D eigenvalue weighted by atomic mass is 10.2. The molecule has 0 atom stereocenters. The zero-order chi connectivity index (χ0) is 24.0. The number of benzene rings is 3. The molecule has 1 aromatic heterocycles. The van der Waals surface area contributed by atoms with E-state index in [1.807, 2.05) is 30.3 Å². The first-order valence-corrected chi connectivity index (χ1v) is 11.8. The summed E-state index contributed by atoms with van der Waals surface area (Å²) in [5.41, 5.74) is 2.59. The lowest BCUT2D eigenvalue weighted by Gasteiger charge is -2.11. The Hall–Kier alpha value is -4.28. The average Bonchev–Trinajstić information content (AvgIpc) is 2.86. The number of nitrogens with zero attached hydrogens (tertiary/aromatic N) is 2. The number of carbonyl (C=O) groups is 1. The van der Waals surface area contributed by atoms with E-state index in [9.17, 15) is 13.2 Å². The second-order valence-corrected chi connectivity index (χ2v) is 9.06. The monoisotopic (exact) mass is 474 g/mol. The molecular formula is C24H22N6O3S. The molecule has 10 heteroatoms. The van der Waals surface area contributed by atoms with Crippen molar-refractivity contribution in [2.45, 2.75) is 4.90 Å². The van der Waals surface area contributed by atoms with Crippen LogP contribution in [0.15, 0.2) is 96.2 Å². The highest BCUT2D eigenvalue weighted by molar-refractivity contribution is 7.89. The molecule has 0 aliphatic carbocycles. The number of anilines is 5. The lowest BCUT2D eigenvalue weighted by Crippen LogP contribution is -2.18. The quantitative estimate of drug-likeness (QED) is 0.303. The molecule has 0 radical (unpaired) electrons. The highest BCUT2D eigenvalue weighted by Crippen LogP contribution is 2.22. The average molecular weight is 475 g/mol. The van der Waals surface area contributed by atoms with E-state index >= 15 is 0 Å². The van der Waals surface area contributed by atoms with Crippen molar-refractivity contribution in [3.63, 3.8) is 0 Å². The van der Waals surface area contributed by atoms with Crippen LogP contribution in [0.3, 0.4) is 0 Å². The molecule has 0 aliphatic heterocycles. The van der Waals surface area contributed by atoms with Gasteiger partial charge in [-0.3, -0.25) is 4.79 Å². The van der Waals surface area contributed by atoms with Gasteiger partial charge in [0.25, 0.3) is 5.91 Å². The van der Waals surface area contributed by atoms with E-state index in [2.05, 4.69) is 30.6 Å². The molecule has 9 nitrogen and oxygen atoms in total. The van der Waals surface area contributed by atoms with Crippen molar-refractivity contribution >= 4 is 44.6 Å². The van der Waals surface area contributed by atoms with Gasteiger partial charge in [0.05, 0.1) is 4.90 Å². The summed E-state index contributed by atoms with van der Waals surface area (Å²) in [7, 11) is -2.19. The van der Waals surface area contributed by atoms with E-state index in [-0.39, 0.29) is 10.8 Å². The van der Waals surface area contributed by atoms with Gasteiger partial charge in [-0.1, -0.05) is 24.3 Å². The van der Waals surface area contributed by atoms with Gasteiger partial charge >= 0.3 is 0 Å². The van der Waals surface area contributed by atoms with Crippen LogP contribution in [0.2, 0.25) is 0 Å². The Bertz CT molecular complexity index is 1390. The first kappa shape index (κ1) is 22.9. The Morgan fingerprint density at radius 1 is 0.735 bits per heavy atom. The van der Waals surface area contributed by atoms with Crippen LogP contribution in [0.5, 0.6) is 0 Å². The molecule has 172 valence electrons. The van der Waals surface area contributed by atoms with Crippen molar-refractivity contribution in [1.82, 2.24) is 14.7 Å². The molecule has 0 aliphatic rings. The van der Waals surface area contributed by atoms with Crippen LogP contribution in [0.25, 0.3) is 0 Å². The highest BCUT2D eigenvalue weighted by Gasteiger charge is 2.12. The van der Waals surface area contributed by atoms with Crippen LogP contribution in [0.4, 0.5) is 28.7 Å². The minimum atomic E-state index is -3.55. The molecular weight excluding hydrogens is 452 g/mol. The molecule has 0 saturated heterocycles. The molecule has 34 heavy (non-hydrogen) atoms. The van der Waals surface area contributed by atoms with Crippen molar-refractivity contribution in [3.8, 4) is 0 Å². The predicted molar refractivity (Wildman–Crippen MR) is 132 cm³/mol. The summed E-state index contributed by atoms with van der Waals surface area (Å²) >= 11 is 0. The molecule has 4 aromatic rings. The standard InChI is InChI=1S/C24H22N6O3S/c1-25-34(32,33)21-9-5-8-20(14-21)29-23-15-22(26-16-27-23)28-18-10-12-19(13-11-18)30-24(31)17-6-3-2-4-7-17/h2-16,25H,1H3,(H,30,31)(H2,26,27,28,29). The maximum absolute atomic E-state index is 12.3. The number of hydrogen-bond acceptors (Lipinski definition) is 7. The van der Waals surface area contributed by atoms with Crippen LogP contribution in [-0.2, 0) is 10.0 Å². The molecule has 3 aromatic carbocycles. The fourth-order valence-electron chi connectivity index (χ4n) is 3.08. The highest BCUT2D eigenvalue weighted by atomic mass is 32.2. The molecule has 4 rings (SSSR count). The van der Waals surface area contributed by atoms with Crippen LogP contribution < -0.4 is 20.7 Å². The molecule has 0 saturated carbocycles. The summed E-state index contributed by atoms with van der Waals surface area (Å²) in [6, 6.07) is 24.3. The van der Waals surface area contributed by atoms with Gasteiger partial charge in [0, 0.05) is 28.7 Å². The Morgan fingerprint density at radius 2 is 1.38 bits per heavy atom. The second-order valence-electron chi connectivity index (χ2n) is 7.17. The van der Waals surface area contributed by atoms with Gasteiger partial charge in [-0.15, -0.1) is 0 Å². The van der Waals surface area contributed by atoms with Crippen LogP contribution >= 0.6 is 0 Å². The van der Waals surface area contributed by atoms with E-state index < -0.39 is 10.0 Å². The van der Waals surface area contributed by atoms with Gasteiger partial charge in [0.2, 0.25) is 10.0 Å². The fourth-order valence-corrected chi connectivity index (χ4v) is 3.85. The summed E-state index contributed by atoms with van der Waals surface area (Å²) < 4.78 is 26.3. The van der Waals surface area contributed by atoms with Crippen LogP contribution in [0, 0.1) is 0 Å². The predicted octanol–water partition coefficient (Wildman–Crippen LogP) is 4.12. The van der Waals surface area contributed by atoms with Gasteiger partial charge in [0.1, 0.15) is 18.0 Å². The van der Waals surface area contributed by atoms with Gasteiger partial charge in [-0.05, 0) is 61.6 Å². The van der Waals surface area contributed by atoms with Crippen molar-refractivity contribution in [1.29, 1.82) is 0 Å². The largest absolute Gasteiger partial charge is 0.340 e. The number of hydrogen-bond donors (Lipinski definition) is 4. The number of amides is 1. The minimum absolute atomic E-state index is 0.145. The van der Waals surface area contributed by atoms with Gasteiger partial charge < -0.3 is 16.0 Å².